The summed E-state index contributed by atoms with van der Waals surface area (Å²) in [7, 11) is 0. The molecule has 6 nitrogen and oxygen atoms in total. The summed E-state index contributed by atoms with van der Waals surface area (Å²) < 4.78 is 1.59. The summed E-state index contributed by atoms with van der Waals surface area (Å²) in [5, 5.41) is 20.1. The minimum absolute atomic E-state index is 0.0190. The molecule has 2 aromatic rings. The maximum atomic E-state index is 10.6. The summed E-state index contributed by atoms with van der Waals surface area (Å²) in [5.41, 5.74) is 3.09. The first-order valence-electron chi connectivity index (χ1n) is 5.64. The number of hydrogen-bond acceptors (Lipinski definition) is 4. The Bertz CT molecular complexity index is 557. The van der Waals surface area contributed by atoms with Gasteiger partial charge < -0.3 is 5.11 Å². The number of benzene rings is 1. The third-order valence-corrected chi connectivity index (χ3v) is 2.55. The predicted octanol–water partition coefficient (Wildman–Crippen LogP) is 1.30. The van der Waals surface area contributed by atoms with Gasteiger partial charge in [-0.3, -0.25) is 4.79 Å². The molecular formula is C12H14N4O2. The highest BCUT2D eigenvalue weighted by molar-refractivity contribution is 5.66. The van der Waals surface area contributed by atoms with Gasteiger partial charge in [-0.25, -0.2) is 0 Å². The molecule has 0 unspecified atom stereocenters. The maximum Gasteiger partial charge on any atom is 0.303 e. The summed E-state index contributed by atoms with van der Waals surface area (Å²) in [6.07, 6.45) is 0.334. The molecular weight excluding hydrogens is 232 g/mol. The van der Waals surface area contributed by atoms with Crippen molar-refractivity contribution in [3.8, 4) is 5.69 Å². The highest BCUT2D eigenvalue weighted by atomic mass is 16.4. The fraction of sp³-hybridized carbons (Fsp3) is 0.333. The molecule has 18 heavy (non-hydrogen) atoms. The van der Waals surface area contributed by atoms with Crippen molar-refractivity contribution in [2.24, 2.45) is 0 Å². The van der Waals surface area contributed by atoms with Gasteiger partial charge in [-0.15, -0.1) is 5.10 Å². The summed E-state index contributed by atoms with van der Waals surface area (Å²) >= 11 is 0. The number of aryl methyl sites for hydroxylation is 3. The molecule has 1 aromatic carbocycles. The minimum atomic E-state index is -0.857. The first-order chi connectivity index (χ1) is 8.56. The molecule has 2 rings (SSSR count). The van der Waals surface area contributed by atoms with E-state index in [2.05, 4.69) is 21.6 Å². The van der Waals surface area contributed by atoms with Crippen LogP contribution in [0.2, 0.25) is 0 Å². The van der Waals surface area contributed by atoms with E-state index in [9.17, 15) is 4.79 Å². The molecule has 1 heterocycles. The molecule has 0 radical (unpaired) electrons. The second-order valence-electron chi connectivity index (χ2n) is 4.25. The lowest BCUT2D eigenvalue weighted by atomic mass is 10.1. The van der Waals surface area contributed by atoms with Crippen LogP contribution >= 0.6 is 0 Å². The third kappa shape index (κ3) is 2.71. The number of aromatic nitrogens is 4. The Morgan fingerprint density at radius 2 is 1.94 bits per heavy atom. The van der Waals surface area contributed by atoms with Crippen LogP contribution in [0.25, 0.3) is 5.69 Å². The van der Waals surface area contributed by atoms with Crippen LogP contribution in [0.5, 0.6) is 0 Å². The number of tetrazole rings is 1. The Balaban J connectivity index is 2.33. The van der Waals surface area contributed by atoms with E-state index in [4.69, 9.17) is 5.11 Å². The first kappa shape index (κ1) is 12.2. The van der Waals surface area contributed by atoms with Gasteiger partial charge in [-0.2, -0.15) is 4.68 Å². The van der Waals surface area contributed by atoms with Crippen LogP contribution in [0.4, 0.5) is 0 Å². The molecule has 0 fully saturated rings. The molecule has 0 amide bonds. The SMILES string of the molecule is Cc1cc(C)cc(-n2nnnc2CCC(=O)O)c1. The number of aliphatic carboxylic acids is 1. The summed E-state index contributed by atoms with van der Waals surface area (Å²) in [6, 6.07) is 5.99. The van der Waals surface area contributed by atoms with Crippen LogP contribution in [0, 0.1) is 13.8 Å². The molecule has 0 saturated carbocycles. The van der Waals surface area contributed by atoms with E-state index in [1.165, 1.54) is 0 Å². The number of hydrogen-bond donors (Lipinski definition) is 1. The molecule has 0 bridgehead atoms. The number of carboxylic acids is 1. The van der Waals surface area contributed by atoms with Crippen LogP contribution in [0.3, 0.4) is 0 Å². The zero-order valence-electron chi connectivity index (χ0n) is 10.3. The number of carboxylic acid groups (broad SMARTS) is 1. The second kappa shape index (κ2) is 4.95. The Morgan fingerprint density at radius 1 is 1.28 bits per heavy atom. The molecule has 6 heteroatoms. The van der Waals surface area contributed by atoms with Gasteiger partial charge in [0.2, 0.25) is 0 Å². The van der Waals surface area contributed by atoms with Gasteiger partial charge in [0.15, 0.2) is 5.82 Å². The topological polar surface area (TPSA) is 80.9 Å². The van der Waals surface area contributed by atoms with Crippen LogP contribution in [-0.2, 0) is 11.2 Å². The normalized spacial score (nSPS) is 10.6. The Labute approximate surface area is 104 Å². The van der Waals surface area contributed by atoms with E-state index in [0.29, 0.717) is 12.2 Å². The number of rotatable bonds is 4. The summed E-state index contributed by atoms with van der Waals surface area (Å²) in [4.78, 5) is 10.6. The number of carbonyl (C=O) groups is 1. The molecule has 0 atom stereocenters. The highest BCUT2D eigenvalue weighted by Crippen LogP contribution is 2.14. The van der Waals surface area contributed by atoms with Crippen molar-refractivity contribution in [1.82, 2.24) is 20.2 Å². The molecule has 0 aliphatic heterocycles. The Morgan fingerprint density at radius 3 is 2.56 bits per heavy atom. The van der Waals surface area contributed by atoms with Crippen molar-refractivity contribution in [3.63, 3.8) is 0 Å². The standard InChI is InChI=1S/C12H14N4O2/c1-8-5-9(2)7-10(6-8)16-11(13-14-15-16)3-4-12(17)18/h5-7H,3-4H2,1-2H3,(H,17,18). The van der Waals surface area contributed by atoms with Crippen LogP contribution in [0.1, 0.15) is 23.4 Å². The van der Waals surface area contributed by atoms with Gasteiger partial charge in [-0.05, 0) is 47.5 Å². The quantitative estimate of drug-likeness (QED) is 0.879. The lowest BCUT2D eigenvalue weighted by Gasteiger charge is -2.06. The predicted molar refractivity (Wildman–Crippen MR) is 64.6 cm³/mol. The van der Waals surface area contributed by atoms with Gasteiger partial charge in [-0.1, -0.05) is 6.07 Å². The van der Waals surface area contributed by atoms with Crippen molar-refractivity contribution in [1.29, 1.82) is 0 Å². The number of nitrogens with zero attached hydrogens (tertiary/aromatic N) is 4. The van der Waals surface area contributed by atoms with Gasteiger partial charge in [0.05, 0.1) is 12.1 Å². The van der Waals surface area contributed by atoms with Gasteiger partial charge in [0.1, 0.15) is 0 Å². The molecule has 94 valence electrons. The maximum absolute atomic E-state index is 10.6. The third-order valence-electron chi connectivity index (χ3n) is 2.55. The first-order valence-corrected chi connectivity index (χ1v) is 5.64. The molecule has 1 aromatic heterocycles. The summed E-state index contributed by atoms with van der Waals surface area (Å²) in [5.74, 6) is -0.299. The van der Waals surface area contributed by atoms with Gasteiger partial charge in [0.25, 0.3) is 0 Å². The van der Waals surface area contributed by atoms with Gasteiger partial charge in [0, 0.05) is 6.42 Å². The molecule has 0 spiro atoms. The van der Waals surface area contributed by atoms with E-state index in [1.807, 2.05) is 26.0 Å². The zero-order chi connectivity index (χ0) is 13.1. The molecule has 0 aliphatic carbocycles. The fourth-order valence-electron chi connectivity index (χ4n) is 1.85. The Hall–Kier alpha value is -2.24. The highest BCUT2D eigenvalue weighted by Gasteiger charge is 2.10. The lowest BCUT2D eigenvalue weighted by molar-refractivity contribution is -0.137. The zero-order valence-corrected chi connectivity index (χ0v) is 10.3. The summed E-state index contributed by atoms with van der Waals surface area (Å²) in [6.45, 7) is 4.00. The van der Waals surface area contributed by atoms with Crippen LogP contribution in [0.15, 0.2) is 18.2 Å². The van der Waals surface area contributed by atoms with E-state index in [-0.39, 0.29) is 6.42 Å². The van der Waals surface area contributed by atoms with E-state index < -0.39 is 5.97 Å². The van der Waals surface area contributed by atoms with Crippen molar-refractivity contribution < 1.29 is 9.90 Å². The lowest BCUT2D eigenvalue weighted by Crippen LogP contribution is -2.06. The van der Waals surface area contributed by atoms with E-state index in [0.717, 1.165) is 16.8 Å². The minimum Gasteiger partial charge on any atom is -0.481 e. The Kier molecular flexibility index (Phi) is 3.36. The van der Waals surface area contributed by atoms with Gasteiger partial charge >= 0.3 is 5.97 Å². The molecule has 0 aliphatic rings. The molecule has 1 N–H and O–H groups in total. The van der Waals surface area contributed by atoms with Crippen molar-refractivity contribution in [2.75, 3.05) is 0 Å². The van der Waals surface area contributed by atoms with Crippen LogP contribution in [-0.4, -0.2) is 31.3 Å². The smallest absolute Gasteiger partial charge is 0.303 e. The van der Waals surface area contributed by atoms with Crippen molar-refractivity contribution in [2.45, 2.75) is 26.7 Å². The van der Waals surface area contributed by atoms with Crippen LogP contribution < -0.4 is 0 Å². The van der Waals surface area contributed by atoms with Crippen molar-refractivity contribution >= 4 is 5.97 Å². The average Bonchev–Trinajstić information content (AvgIpc) is 2.72. The fourth-order valence-corrected chi connectivity index (χ4v) is 1.85. The second-order valence-corrected chi connectivity index (χ2v) is 4.25. The largest absolute Gasteiger partial charge is 0.481 e. The van der Waals surface area contributed by atoms with E-state index in [1.54, 1.807) is 4.68 Å². The monoisotopic (exact) mass is 246 g/mol. The van der Waals surface area contributed by atoms with Crippen molar-refractivity contribution in [3.05, 3.63) is 35.2 Å². The van der Waals surface area contributed by atoms with E-state index >= 15 is 0 Å². The molecule has 0 saturated heterocycles. The average molecular weight is 246 g/mol.